The zero-order valence-electron chi connectivity index (χ0n) is 31.6. The Labute approximate surface area is 329 Å². The first-order valence-corrected chi connectivity index (χ1v) is 18.8. The van der Waals surface area contributed by atoms with Crippen molar-refractivity contribution < 1.29 is 4.79 Å². The number of hydrogen-bond acceptors (Lipinski definition) is 13. The van der Waals surface area contributed by atoms with Gasteiger partial charge < -0.3 is 24.8 Å². The average Bonchev–Trinajstić information content (AvgIpc) is 3.93. The number of carbonyl (C=O) groups excluding carboxylic acids is 1. The lowest BCUT2D eigenvalue weighted by atomic mass is 10.2. The molecule has 15 nitrogen and oxygen atoms in total. The predicted molar refractivity (Wildman–Crippen MR) is 221 cm³/mol. The van der Waals surface area contributed by atoms with E-state index >= 15 is 0 Å². The minimum Gasteiger partial charge on any atom is -0.354 e. The maximum Gasteiger partial charge on any atom is 0.154 e. The molecule has 0 aliphatic carbocycles. The largest absolute Gasteiger partial charge is 0.354 e. The molecule has 2 saturated heterocycles. The molecule has 15 heteroatoms. The molecule has 10 heterocycles. The van der Waals surface area contributed by atoms with Crippen LogP contribution in [0, 0.1) is 0 Å². The summed E-state index contributed by atoms with van der Waals surface area (Å²) in [7, 11) is 2.16. The maximum absolute atomic E-state index is 8.00. The third-order valence-electron chi connectivity index (χ3n) is 10.0. The summed E-state index contributed by atoms with van der Waals surface area (Å²) in [6, 6.07) is 24.1. The molecule has 0 amide bonds. The van der Waals surface area contributed by atoms with Crippen molar-refractivity contribution >= 4 is 29.7 Å². The zero-order chi connectivity index (χ0) is 39.0. The number of imidazole rings is 2. The number of fused-ring (bicyclic) bond motifs is 2. The summed E-state index contributed by atoms with van der Waals surface area (Å²) in [5.74, 6) is 2.04. The minimum atomic E-state index is 0.814. The van der Waals surface area contributed by atoms with Gasteiger partial charge in [0.25, 0.3) is 0 Å². The highest BCUT2D eigenvalue weighted by Crippen LogP contribution is 2.26. The molecular formula is C42H42N14O. The molecule has 2 aliphatic rings. The van der Waals surface area contributed by atoms with Crippen LogP contribution in [0.25, 0.3) is 56.3 Å². The molecule has 0 bridgehead atoms. The van der Waals surface area contributed by atoms with Gasteiger partial charge in [-0.1, -0.05) is 0 Å². The lowest BCUT2D eigenvalue weighted by Gasteiger charge is -2.33. The Balaban J connectivity index is 0.000000153. The van der Waals surface area contributed by atoms with E-state index in [1.165, 1.54) is 0 Å². The van der Waals surface area contributed by atoms with Crippen molar-refractivity contribution in [2.24, 2.45) is 0 Å². The molecule has 2 fully saturated rings. The van der Waals surface area contributed by atoms with E-state index < -0.39 is 0 Å². The summed E-state index contributed by atoms with van der Waals surface area (Å²) >= 11 is 0. The third kappa shape index (κ3) is 8.20. The highest BCUT2D eigenvalue weighted by molar-refractivity contribution is 5.67. The molecular weight excluding hydrogens is 717 g/mol. The van der Waals surface area contributed by atoms with E-state index in [9.17, 15) is 0 Å². The van der Waals surface area contributed by atoms with Gasteiger partial charge in [0.15, 0.2) is 11.3 Å². The van der Waals surface area contributed by atoms with Crippen LogP contribution in [0.15, 0.2) is 122 Å². The number of pyridine rings is 4. The first kappa shape index (κ1) is 37.0. The number of anilines is 2. The zero-order valence-corrected chi connectivity index (χ0v) is 31.6. The van der Waals surface area contributed by atoms with Crippen molar-refractivity contribution in [3.8, 4) is 45.0 Å². The van der Waals surface area contributed by atoms with Crippen LogP contribution < -0.4 is 15.1 Å². The molecule has 10 rings (SSSR count). The number of aromatic nitrogens is 10. The van der Waals surface area contributed by atoms with Gasteiger partial charge in [-0.05, 0) is 79.8 Å². The molecule has 8 aromatic heterocycles. The number of likely N-dealkylation sites (N-methyl/N-ethyl adjacent to an activating group) is 1. The van der Waals surface area contributed by atoms with Crippen LogP contribution in [0.3, 0.4) is 0 Å². The van der Waals surface area contributed by atoms with Crippen LogP contribution in [-0.4, -0.2) is 120 Å². The summed E-state index contributed by atoms with van der Waals surface area (Å²) < 4.78 is 3.75. The van der Waals surface area contributed by atoms with E-state index in [0.717, 1.165) is 120 Å². The summed E-state index contributed by atoms with van der Waals surface area (Å²) in [6.45, 7) is 10.1. The molecule has 57 heavy (non-hydrogen) atoms. The van der Waals surface area contributed by atoms with E-state index in [1.54, 1.807) is 24.8 Å². The standard InChI is InChI=1S/C21H21N7.C20H19N7.CH2O/c1-26-10-12-27(13-11-26)20-4-2-17(14-23-20)19-15-24-21-5-3-18(25-28(19)21)16-6-8-22-9-7-16;1-3-19(26-11-9-22-10-12-26)23-13-16(1)18-14-24-20-4-2-17(25-27(18)20)15-5-7-21-8-6-15;1-2/h2-9,14-15H,10-13H2,1H3;1-8,13-14,22H,9-12H2;1H2. The van der Waals surface area contributed by atoms with Gasteiger partial charge in [0.05, 0.1) is 35.2 Å². The minimum absolute atomic E-state index is 0.814. The fraction of sp³-hybridized carbons (Fsp3) is 0.214. The molecule has 2 aliphatic heterocycles. The van der Waals surface area contributed by atoms with Gasteiger partial charge in [-0.2, -0.15) is 10.2 Å². The van der Waals surface area contributed by atoms with Crippen molar-refractivity contribution in [2.45, 2.75) is 0 Å². The van der Waals surface area contributed by atoms with Gasteiger partial charge in [-0.15, -0.1) is 0 Å². The Morgan fingerprint density at radius 1 is 0.491 bits per heavy atom. The van der Waals surface area contributed by atoms with Crippen molar-refractivity contribution in [3.05, 3.63) is 122 Å². The maximum atomic E-state index is 8.00. The second-order valence-electron chi connectivity index (χ2n) is 13.6. The fourth-order valence-corrected chi connectivity index (χ4v) is 6.87. The van der Waals surface area contributed by atoms with E-state index in [-0.39, 0.29) is 0 Å². The monoisotopic (exact) mass is 758 g/mol. The molecule has 0 spiro atoms. The number of hydrogen-bond donors (Lipinski definition) is 1. The van der Waals surface area contributed by atoms with Crippen molar-refractivity contribution in [1.29, 1.82) is 0 Å². The fourth-order valence-electron chi connectivity index (χ4n) is 6.87. The highest BCUT2D eigenvalue weighted by atomic mass is 16.1. The summed E-state index contributed by atoms with van der Waals surface area (Å²) in [5, 5.41) is 12.9. The molecule has 1 N–H and O–H groups in total. The summed E-state index contributed by atoms with van der Waals surface area (Å²) in [6.07, 6.45) is 14.6. The number of nitrogens with one attached hydrogen (secondary N) is 1. The predicted octanol–water partition coefficient (Wildman–Crippen LogP) is 4.68. The summed E-state index contributed by atoms with van der Waals surface area (Å²) in [5.41, 5.74) is 9.32. The molecule has 8 aromatic rings. The van der Waals surface area contributed by atoms with Gasteiger partial charge in [-0.25, -0.2) is 29.0 Å². The third-order valence-corrected chi connectivity index (χ3v) is 10.0. The number of nitrogens with zero attached hydrogens (tertiary/aromatic N) is 13. The Morgan fingerprint density at radius 2 is 0.947 bits per heavy atom. The van der Waals surface area contributed by atoms with Crippen LogP contribution in [0.1, 0.15) is 0 Å². The van der Waals surface area contributed by atoms with Crippen LogP contribution >= 0.6 is 0 Å². The van der Waals surface area contributed by atoms with Crippen LogP contribution in [0.2, 0.25) is 0 Å². The van der Waals surface area contributed by atoms with E-state index in [1.807, 2.05) is 89.1 Å². The lowest BCUT2D eigenvalue weighted by molar-refractivity contribution is -0.0980. The first-order chi connectivity index (χ1) is 28.2. The topological polar surface area (TPSA) is 151 Å². The molecule has 0 atom stereocenters. The molecule has 0 aromatic carbocycles. The molecule has 0 unspecified atom stereocenters. The van der Waals surface area contributed by atoms with Crippen molar-refractivity contribution in [1.82, 2.24) is 59.3 Å². The second-order valence-corrected chi connectivity index (χ2v) is 13.6. The average molecular weight is 759 g/mol. The number of piperazine rings is 2. The van der Waals surface area contributed by atoms with Gasteiger partial charge in [0.2, 0.25) is 0 Å². The Hall–Kier alpha value is -6.97. The van der Waals surface area contributed by atoms with E-state index in [2.05, 4.69) is 76.2 Å². The molecule has 0 radical (unpaired) electrons. The van der Waals surface area contributed by atoms with E-state index in [0.29, 0.717) is 0 Å². The highest BCUT2D eigenvalue weighted by Gasteiger charge is 2.17. The molecule has 286 valence electrons. The smallest absolute Gasteiger partial charge is 0.154 e. The van der Waals surface area contributed by atoms with Crippen molar-refractivity contribution in [3.63, 3.8) is 0 Å². The Morgan fingerprint density at radius 3 is 1.39 bits per heavy atom. The van der Waals surface area contributed by atoms with Gasteiger partial charge in [0.1, 0.15) is 18.4 Å². The van der Waals surface area contributed by atoms with Crippen LogP contribution in [0.5, 0.6) is 0 Å². The van der Waals surface area contributed by atoms with Crippen LogP contribution in [0.4, 0.5) is 11.6 Å². The second kappa shape index (κ2) is 17.2. The summed E-state index contributed by atoms with van der Waals surface area (Å²) in [4.78, 5) is 41.5. The molecule has 0 saturated carbocycles. The SMILES string of the molecule is C=O.CN1CCN(c2ccc(-c3cnc4ccc(-c5ccncc5)nn34)cn2)CC1.c1cc(-c2ccc3ncc(-c4ccc(N5CCNCC5)nc4)n3n2)ccn1. The lowest BCUT2D eigenvalue weighted by Crippen LogP contribution is -2.44. The number of carbonyl (C=O) groups is 1. The van der Waals surface area contributed by atoms with Gasteiger partial charge in [-0.3, -0.25) is 9.97 Å². The van der Waals surface area contributed by atoms with Gasteiger partial charge >= 0.3 is 0 Å². The van der Waals surface area contributed by atoms with E-state index in [4.69, 9.17) is 20.0 Å². The van der Waals surface area contributed by atoms with Crippen molar-refractivity contribution in [2.75, 3.05) is 69.2 Å². The normalized spacial score (nSPS) is 14.5. The Bertz CT molecular complexity index is 2510. The van der Waals surface area contributed by atoms with Gasteiger partial charge in [0, 0.05) is 112 Å². The number of rotatable bonds is 6. The van der Waals surface area contributed by atoms with Crippen LogP contribution in [-0.2, 0) is 4.79 Å². The first-order valence-electron chi connectivity index (χ1n) is 18.8. The Kier molecular flexibility index (Phi) is 11.2. The quantitative estimate of drug-likeness (QED) is 0.250.